The van der Waals surface area contributed by atoms with Crippen molar-refractivity contribution >= 4 is 11.8 Å². The summed E-state index contributed by atoms with van der Waals surface area (Å²) in [5.74, 6) is 0.377. The van der Waals surface area contributed by atoms with Gasteiger partial charge < -0.3 is 24.6 Å². The summed E-state index contributed by atoms with van der Waals surface area (Å²) in [4.78, 5) is 28.4. The number of hydrogen-bond acceptors (Lipinski definition) is 8. The van der Waals surface area contributed by atoms with Crippen molar-refractivity contribution in [2.24, 2.45) is 5.41 Å². The van der Waals surface area contributed by atoms with Gasteiger partial charge in [0.1, 0.15) is 24.4 Å². The molecule has 11 nitrogen and oxygen atoms in total. The van der Waals surface area contributed by atoms with Gasteiger partial charge in [0.25, 0.3) is 0 Å². The van der Waals surface area contributed by atoms with E-state index in [2.05, 4.69) is 20.8 Å². The summed E-state index contributed by atoms with van der Waals surface area (Å²) in [5.41, 5.74) is 0.659. The van der Waals surface area contributed by atoms with Crippen LogP contribution in [0.2, 0.25) is 0 Å². The van der Waals surface area contributed by atoms with Gasteiger partial charge in [-0.2, -0.15) is 0 Å². The predicted molar refractivity (Wildman–Crippen MR) is 130 cm³/mol. The van der Waals surface area contributed by atoms with Crippen LogP contribution in [0.25, 0.3) is 0 Å². The number of nitrogens with one attached hydrogen (secondary N) is 1. The third kappa shape index (κ3) is 6.31. The molecule has 4 rings (SSSR count). The Balaban J connectivity index is 1.42. The molecule has 3 atom stereocenters. The van der Waals surface area contributed by atoms with Crippen molar-refractivity contribution in [2.45, 2.75) is 104 Å². The van der Waals surface area contributed by atoms with Crippen molar-refractivity contribution in [3.05, 3.63) is 29.4 Å². The smallest absolute Gasteiger partial charge is 0.248 e. The fourth-order valence-electron chi connectivity index (χ4n) is 4.42. The molecular weight excluding hydrogens is 464 g/mol. The Kier molecular flexibility index (Phi) is 7.25. The molecule has 2 unspecified atom stereocenters. The first kappa shape index (κ1) is 26.3. The molecule has 2 aliphatic rings. The van der Waals surface area contributed by atoms with Crippen LogP contribution in [0.5, 0.6) is 0 Å². The lowest BCUT2D eigenvalue weighted by molar-refractivity contribution is -0.144. The molecular formula is C25H38N6O5. The van der Waals surface area contributed by atoms with Crippen molar-refractivity contribution in [3.63, 3.8) is 0 Å². The minimum absolute atomic E-state index is 0.0892. The van der Waals surface area contributed by atoms with Gasteiger partial charge >= 0.3 is 0 Å². The molecule has 0 bridgehead atoms. The highest BCUT2D eigenvalue weighted by Crippen LogP contribution is 2.40. The van der Waals surface area contributed by atoms with E-state index in [1.54, 1.807) is 10.7 Å². The zero-order chi connectivity index (χ0) is 26.3. The Hall–Kier alpha value is -2.79. The molecule has 11 heteroatoms. The van der Waals surface area contributed by atoms with Gasteiger partial charge in [0.05, 0.1) is 23.9 Å². The topological polar surface area (TPSA) is 136 Å². The van der Waals surface area contributed by atoms with Crippen LogP contribution in [0.4, 0.5) is 0 Å². The first-order valence-electron chi connectivity index (χ1n) is 12.6. The van der Waals surface area contributed by atoms with Crippen LogP contribution in [0.15, 0.2) is 16.8 Å². The van der Waals surface area contributed by atoms with Crippen molar-refractivity contribution in [2.75, 3.05) is 6.54 Å². The van der Waals surface area contributed by atoms with E-state index in [9.17, 15) is 14.7 Å². The molecule has 1 saturated carbocycles. The highest BCUT2D eigenvalue weighted by molar-refractivity contribution is 5.90. The first-order chi connectivity index (χ1) is 16.8. The third-order valence-electron chi connectivity index (χ3n) is 6.41. The van der Waals surface area contributed by atoms with E-state index < -0.39 is 23.6 Å². The van der Waals surface area contributed by atoms with Crippen molar-refractivity contribution in [1.82, 2.24) is 30.4 Å². The molecule has 2 fully saturated rings. The van der Waals surface area contributed by atoms with Crippen LogP contribution in [0.3, 0.4) is 0 Å². The van der Waals surface area contributed by atoms with Crippen molar-refractivity contribution < 1.29 is 24.0 Å². The lowest BCUT2D eigenvalue weighted by Gasteiger charge is -2.34. The highest BCUT2D eigenvalue weighted by atomic mass is 16.5. The second-order valence-electron chi connectivity index (χ2n) is 12.0. The molecule has 2 amide bonds. The molecule has 1 saturated heterocycles. The second kappa shape index (κ2) is 9.93. The van der Waals surface area contributed by atoms with E-state index in [0.717, 1.165) is 18.5 Å². The summed E-state index contributed by atoms with van der Waals surface area (Å²) in [6.45, 7) is 12.2. The van der Waals surface area contributed by atoms with Crippen LogP contribution < -0.4 is 5.32 Å². The number of β-amino-alcohol motifs (C(OH)–C–C–N with tert-alkyl or cyclic N) is 1. The molecule has 1 aliphatic carbocycles. The van der Waals surface area contributed by atoms with Crippen molar-refractivity contribution in [1.29, 1.82) is 0 Å². The molecule has 36 heavy (non-hydrogen) atoms. The van der Waals surface area contributed by atoms with Crippen LogP contribution in [-0.4, -0.2) is 66.3 Å². The number of likely N-dealkylation sites (tertiary alicyclic amines) is 1. The zero-order valence-corrected chi connectivity index (χ0v) is 22.0. The first-order valence-corrected chi connectivity index (χ1v) is 12.6. The lowest BCUT2D eigenvalue weighted by Crippen LogP contribution is -2.50. The summed E-state index contributed by atoms with van der Waals surface area (Å²) in [5, 5.41) is 25.7. The zero-order valence-electron chi connectivity index (χ0n) is 22.0. The monoisotopic (exact) mass is 502 g/mol. The average molecular weight is 503 g/mol. The number of nitrogens with zero attached hydrogens (tertiary/aromatic N) is 5. The van der Waals surface area contributed by atoms with Gasteiger partial charge in [-0.05, 0) is 39.0 Å². The Morgan fingerprint density at radius 2 is 1.97 bits per heavy atom. The van der Waals surface area contributed by atoms with E-state index in [0.29, 0.717) is 17.4 Å². The third-order valence-corrected chi connectivity index (χ3v) is 6.41. The fourth-order valence-corrected chi connectivity index (χ4v) is 4.42. The maximum Gasteiger partial charge on any atom is 0.248 e. The molecule has 2 aromatic rings. The molecule has 0 aromatic carbocycles. The van der Waals surface area contributed by atoms with Crippen LogP contribution in [0.1, 0.15) is 89.9 Å². The normalized spacial score (nSPS) is 21.6. The van der Waals surface area contributed by atoms with Gasteiger partial charge in [0.2, 0.25) is 11.8 Å². The van der Waals surface area contributed by atoms with Gasteiger partial charge in [-0.15, -0.1) is 5.10 Å². The number of aliphatic hydroxyl groups excluding tert-OH is 1. The van der Waals surface area contributed by atoms with E-state index in [1.165, 1.54) is 4.90 Å². The Morgan fingerprint density at radius 1 is 1.25 bits per heavy atom. The van der Waals surface area contributed by atoms with Gasteiger partial charge in [0, 0.05) is 31.1 Å². The molecule has 0 spiro atoms. The minimum Gasteiger partial charge on any atom is -0.391 e. The fraction of sp³-hybridized carbons (Fsp3) is 0.720. The van der Waals surface area contributed by atoms with E-state index in [4.69, 9.17) is 9.26 Å². The summed E-state index contributed by atoms with van der Waals surface area (Å²) >= 11 is 0. The number of aromatic nitrogens is 4. The summed E-state index contributed by atoms with van der Waals surface area (Å²) < 4.78 is 12.6. The van der Waals surface area contributed by atoms with Crippen LogP contribution in [-0.2, 0) is 27.5 Å². The molecule has 2 aromatic heterocycles. The number of aliphatic hydroxyl groups is 1. The van der Waals surface area contributed by atoms with Gasteiger partial charge in [-0.1, -0.05) is 31.1 Å². The Morgan fingerprint density at radius 3 is 2.61 bits per heavy atom. The summed E-state index contributed by atoms with van der Waals surface area (Å²) in [6, 6.07) is 0.286. The predicted octanol–water partition coefficient (Wildman–Crippen LogP) is 2.32. The summed E-state index contributed by atoms with van der Waals surface area (Å²) in [7, 11) is 0. The van der Waals surface area contributed by atoms with Crippen LogP contribution in [0, 0.1) is 5.41 Å². The molecule has 1 aliphatic heterocycles. The van der Waals surface area contributed by atoms with Gasteiger partial charge in [0.15, 0.2) is 5.76 Å². The number of carbonyl (C=O) groups excluding carboxylic acids is 2. The van der Waals surface area contributed by atoms with E-state index in [1.807, 2.05) is 47.7 Å². The van der Waals surface area contributed by atoms with Gasteiger partial charge in [-0.3, -0.25) is 9.59 Å². The Labute approximate surface area is 211 Å². The van der Waals surface area contributed by atoms with E-state index in [-0.39, 0.29) is 43.5 Å². The SMILES string of the molecule is CC(C)(C)OCc1cc(CNC(=O)C2CC(O)CN2C(=O)[C@@H](n2cc(C3CC3)nn2)C(C)(C)C)no1. The maximum absolute atomic E-state index is 13.8. The quantitative estimate of drug-likeness (QED) is 0.561. The molecule has 198 valence electrons. The van der Waals surface area contributed by atoms with Gasteiger partial charge in [-0.25, -0.2) is 4.68 Å². The number of hydrogen-bond donors (Lipinski definition) is 2. The number of ether oxygens (including phenoxy) is 1. The maximum atomic E-state index is 13.8. The van der Waals surface area contributed by atoms with E-state index >= 15 is 0 Å². The lowest BCUT2D eigenvalue weighted by atomic mass is 9.85. The molecule has 3 heterocycles. The largest absolute Gasteiger partial charge is 0.391 e. The average Bonchev–Trinajstić information content (AvgIpc) is 3.17. The second-order valence-corrected chi connectivity index (χ2v) is 12.0. The van der Waals surface area contributed by atoms with Crippen LogP contribution >= 0.6 is 0 Å². The Bertz CT molecular complexity index is 1080. The minimum atomic E-state index is -0.792. The molecule has 2 N–H and O–H groups in total. The summed E-state index contributed by atoms with van der Waals surface area (Å²) in [6.07, 6.45) is 3.41. The highest BCUT2D eigenvalue weighted by Gasteiger charge is 2.45. The number of amides is 2. The standard InChI is InChI=1S/C25H38N6O5/c1-24(2,3)21(31-13-19(27-29-31)15-7-8-15)23(34)30-12-17(32)10-20(30)22(33)26-11-16-9-18(36-28-16)14-35-25(4,5)6/h9,13,15,17,20-21,32H,7-8,10-12,14H2,1-6H3,(H,26,33)/t17?,20?,21-/m1/s1. The number of rotatable bonds is 8. The molecule has 0 radical (unpaired) electrons. The number of carbonyl (C=O) groups is 2. The van der Waals surface area contributed by atoms with Crippen molar-refractivity contribution in [3.8, 4) is 0 Å².